The van der Waals surface area contributed by atoms with Crippen molar-refractivity contribution in [2.45, 2.75) is 52.4 Å². The minimum absolute atomic E-state index is 0.00915. The molecule has 0 aliphatic carbocycles. The van der Waals surface area contributed by atoms with Crippen molar-refractivity contribution in [3.05, 3.63) is 59.7 Å². The van der Waals surface area contributed by atoms with Gasteiger partial charge in [0.15, 0.2) is 0 Å². The molecular formula is C28H40N4O2. The van der Waals surface area contributed by atoms with Crippen molar-refractivity contribution >= 4 is 23.2 Å². The standard InChI is InChI=1S/C28H40N4O2/c1-3-5-7-23-9-13-25(14-10-23)29-27(33)21-31-17-19-32(20-18-31)22-28(34)30-26-15-11-24(12-16-26)8-6-4-2/h9-16H,3-8,17-22H2,1-2H3,(H,29,33)(H,30,34). The summed E-state index contributed by atoms with van der Waals surface area (Å²) in [5.74, 6) is 0.0183. The quantitative estimate of drug-likeness (QED) is 0.483. The molecule has 1 aliphatic heterocycles. The van der Waals surface area contributed by atoms with Gasteiger partial charge in [0.2, 0.25) is 11.8 Å². The van der Waals surface area contributed by atoms with Crippen LogP contribution in [0.25, 0.3) is 0 Å². The third-order valence-electron chi connectivity index (χ3n) is 6.31. The summed E-state index contributed by atoms with van der Waals surface area (Å²) in [6.07, 6.45) is 6.90. The predicted octanol–water partition coefficient (Wildman–Crippen LogP) is 4.57. The zero-order chi connectivity index (χ0) is 24.2. The lowest BCUT2D eigenvalue weighted by Gasteiger charge is -2.33. The molecule has 1 saturated heterocycles. The van der Waals surface area contributed by atoms with Crippen LogP contribution in [-0.4, -0.2) is 60.9 Å². The summed E-state index contributed by atoms with van der Waals surface area (Å²) in [6, 6.07) is 16.3. The maximum atomic E-state index is 12.5. The molecule has 184 valence electrons. The molecule has 2 aromatic rings. The van der Waals surface area contributed by atoms with Gasteiger partial charge in [0.25, 0.3) is 0 Å². The smallest absolute Gasteiger partial charge is 0.238 e. The number of carbonyl (C=O) groups excluding carboxylic acids is 2. The first kappa shape index (κ1) is 25.9. The van der Waals surface area contributed by atoms with E-state index in [1.165, 1.54) is 36.8 Å². The van der Waals surface area contributed by atoms with E-state index in [-0.39, 0.29) is 11.8 Å². The van der Waals surface area contributed by atoms with E-state index < -0.39 is 0 Å². The van der Waals surface area contributed by atoms with Crippen molar-refractivity contribution in [3.63, 3.8) is 0 Å². The van der Waals surface area contributed by atoms with Gasteiger partial charge >= 0.3 is 0 Å². The van der Waals surface area contributed by atoms with Gasteiger partial charge in [-0.3, -0.25) is 19.4 Å². The minimum Gasteiger partial charge on any atom is -0.325 e. The van der Waals surface area contributed by atoms with E-state index in [0.29, 0.717) is 13.1 Å². The third-order valence-corrected chi connectivity index (χ3v) is 6.31. The Hall–Kier alpha value is -2.70. The molecule has 1 fully saturated rings. The van der Waals surface area contributed by atoms with Crippen LogP contribution in [0.1, 0.15) is 50.7 Å². The number of amides is 2. The zero-order valence-corrected chi connectivity index (χ0v) is 20.8. The topological polar surface area (TPSA) is 64.7 Å². The second-order valence-electron chi connectivity index (χ2n) is 9.25. The highest BCUT2D eigenvalue weighted by Gasteiger charge is 2.20. The van der Waals surface area contributed by atoms with E-state index >= 15 is 0 Å². The zero-order valence-electron chi connectivity index (χ0n) is 20.8. The van der Waals surface area contributed by atoms with Gasteiger partial charge < -0.3 is 10.6 Å². The van der Waals surface area contributed by atoms with E-state index in [0.717, 1.165) is 50.4 Å². The van der Waals surface area contributed by atoms with Gasteiger partial charge in [0.05, 0.1) is 13.1 Å². The maximum Gasteiger partial charge on any atom is 0.238 e. The summed E-state index contributed by atoms with van der Waals surface area (Å²) in [4.78, 5) is 29.2. The molecule has 2 aromatic carbocycles. The number of benzene rings is 2. The number of rotatable bonds is 12. The molecule has 1 aliphatic rings. The monoisotopic (exact) mass is 464 g/mol. The van der Waals surface area contributed by atoms with Crippen LogP contribution < -0.4 is 10.6 Å². The molecule has 0 aromatic heterocycles. The molecule has 0 radical (unpaired) electrons. The molecule has 34 heavy (non-hydrogen) atoms. The Labute approximate surface area is 204 Å². The first-order valence-electron chi connectivity index (χ1n) is 12.8. The first-order valence-corrected chi connectivity index (χ1v) is 12.8. The van der Waals surface area contributed by atoms with Gasteiger partial charge in [0.1, 0.15) is 0 Å². The van der Waals surface area contributed by atoms with Gasteiger partial charge in [-0.1, -0.05) is 51.0 Å². The van der Waals surface area contributed by atoms with Crippen molar-refractivity contribution in [1.29, 1.82) is 0 Å². The normalized spacial score (nSPS) is 14.6. The van der Waals surface area contributed by atoms with E-state index in [4.69, 9.17) is 0 Å². The summed E-state index contributed by atoms with van der Waals surface area (Å²) in [6.45, 7) is 8.26. The van der Waals surface area contributed by atoms with Crippen LogP contribution in [0.4, 0.5) is 11.4 Å². The molecule has 0 atom stereocenters. The van der Waals surface area contributed by atoms with Crippen molar-refractivity contribution in [3.8, 4) is 0 Å². The number of hydrogen-bond donors (Lipinski definition) is 2. The van der Waals surface area contributed by atoms with Crippen LogP contribution in [0.15, 0.2) is 48.5 Å². The van der Waals surface area contributed by atoms with E-state index in [1.807, 2.05) is 24.3 Å². The average molecular weight is 465 g/mol. The number of aryl methyl sites for hydroxylation is 2. The van der Waals surface area contributed by atoms with E-state index in [9.17, 15) is 9.59 Å². The number of unbranched alkanes of at least 4 members (excludes halogenated alkanes) is 2. The molecule has 0 spiro atoms. The lowest BCUT2D eigenvalue weighted by Crippen LogP contribution is -2.50. The fourth-order valence-electron chi connectivity index (χ4n) is 4.18. The lowest BCUT2D eigenvalue weighted by atomic mass is 10.1. The van der Waals surface area contributed by atoms with Crippen LogP contribution in [0.3, 0.4) is 0 Å². The average Bonchev–Trinajstić information content (AvgIpc) is 2.84. The molecule has 1 heterocycles. The van der Waals surface area contributed by atoms with Crippen molar-refractivity contribution in [2.75, 3.05) is 49.9 Å². The summed E-state index contributed by atoms with van der Waals surface area (Å²) < 4.78 is 0. The number of carbonyl (C=O) groups is 2. The summed E-state index contributed by atoms with van der Waals surface area (Å²) in [7, 11) is 0. The van der Waals surface area contributed by atoms with Gasteiger partial charge in [0, 0.05) is 37.6 Å². The second-order valence-corrected chi connectivity index (χ2v) is 9.25. The maximum absolute atomic E-state index is 12.5. The molecule has 3 rings (SSSR count). The second kappa shape index (κ2) is 13.9. The fourth-order valence-corrected chi connectivity index (χ4v) is 4.18. The number of nitrogens with zero attached hydrogens (tertiary/aromatic N) is 2. The largest absolute Gasteiger partial charge is 0.325 e. The molecule has 6 heteroatoms. The first-order chi connectivity index (χ1) is 16.6. The Kier molecular flexibility index (Phi) is 10.6. The molecular weight excluding hydrogens is 424 g/mol. The minimum atomic E-state index is 0.00915. The van der Waals surface area contributed by atoms with Crippen molar-refractivity contribution < 1.29 is 9.59 Å². The van der Waals surface area contributed by atoms with Gasteiger partial charge in [-0.05, 0) is 61.1 Å². The van der Waals surface area contributed by atoms with Crippen LogP contribution in [0.2, 0.25) is 0 Å². The molecule has 2 amide bonds. The van der Waals surface area contributed by atoms with Gasteiger partial charge in [-0.15, -0.1) is 0 Å². The van der Waals surface area contributed by atoms with E-state index in [1.54, 1.807) is 0 Å². The van der Waals surface area contributed by atoms with Crippen LogP contribution in [-0.2, 0) is 22.4 Å². The van der Waals surface area contributed by atoms with Crippen LogP contribution >= 0.6 is 0 Å². The summed E-state index contributed by atoms with van der Waals surface area (Å²) in [5.41, 5.74) is 4.31. The van der Waals surface area contributed by atoms with Gasteiger partial charge in [-0.2, -0.15) is 0 Å². The Morgan fingerprint density at radius 2 is 1.00 bits per heavy atom. The Morgan fingerprint density at radius 3 is 1.32 bits per heavy atom. The van der Waals surface area contributed by atoms with Crippen LogP contribution in [0.5, 0.6) is 0 Å². The predicted molar refractivity (Wildman–Crippen MR) is 140 cm³/mol. The molecule has 2 N–H and O–H groups in total. The Balaban J connectivity index is 1.34. The van der Waals surface area contributed by atoms with Crippen molar-refractivity contribution in [1.82, 2.24) is 9.80 Å². The number of nitrogens with one attached hydrogen (secondary N) is 2. The molecule has 6 nitrogen and oxygen atoms in total. The van der Waals surface area contributed by atoms with Gasteiger partial charge in [-0.25, -0.2) is 0 Å². The van der Waals surface area contributed by atoms with Crippen molar-refractivity contribution in [2.24, 2.45) is 0 Å². The van der Waals surface area contributed by atoms with E-state index in [2.05, 4.69) is 58.5 Å². The molecule has 0 bridgehead atoms. The summed E-state index contributed by atoms with van der Waals surface area (Å²) in [5, 5.41) is 6.00. The lowest BCUT2D eigenvalue weighted by molar-refractivity contribution is -0.120. The highest BCUT2D eigenvalue weighted by Crippen LogP contribution is 2.13. The number of anilines is 2. The molecule has 0 unspecified atom stereocenters. The Morgan fingerprint density at radius 1 is 0.647 bits per heavy atom. The summed E-state index contributed by atoms with van der Waals surface area (Å²) >= 11 is 0. The number of piperazine rings is 1. The highest BCUT2D eigenvalue weighted by atomic mass is 16.2. The Bertz CT molecular complexity index is 812. The highest BCUT2D eigenvalue weighted by molar-refractivity contribution is 5.92. The third kappa shape index (κ3) is 8.92. The number of hydrogen-bond acceptors (Lipinski definition) is 4. The fraction of sp³-hybridized carbons (Fsp3) is 0.500. The SMILES string of the molecule is CCCCc1ccc(NC(=O)CN2CCN(CC(=O)Nc3ccc(CCCC)cc3)CC2)cc1. The van der Waals surface area contributed by atoms with Crippen LogP contribution in [0, 0.1) is 0 Å². The molecule has 0 saturated carbocycles.